The minimum atomic E-state index is 0.408. The highest BCUT2D eigenvalue weighted by Gasteiger charge is 2.13. The van der Waals surface area contributed by atoms with Crippen LogP contribution < -0.4 is 5.32 Å². The Morgan fingerprint density at radius 2 is 2.11 bits per heavy atom. The summed E-state index contributed by atoms with van der Waals surface area (Å²) in [5.74, 6) is 0.939. The number of likely N-dealkylation sites (N-methyl/N-ethyl adjacent to an activating group) is 1. The molecule has 0 saturated heterocycles. The van der Waals surface area contributed by atoms with Crippen molar-refractivity contribution >= 4 is 5.95 Å². The molecule has 0 aliphatic heterocycles. The van der Waals surface area contributed by atoms with Crippen LogP contribution in [0.5, 0.6) is 0 Å². The Bertz CT molecular complexity index is 360. The first-order valence-corrected chi connectivity index (χ1v) is 7.12. The lowest BCUT2D eigenvalue weighted by Crippen LogP contribution is -2.30. The Morgan fingerprint density at radius 3 is 2.68 bits per heavy atom. The van der Waals surface area contributed by atoms with E-state index in [1.165, 1.54) is 0 Å². The topological polar surface area (TPSA) is 42.3 Å². The molecular weight excluding hydrogens is 240 g/mol. The standard InChI is InChI=1S/C14H28N4O/c1-6-17(7-2)11-13(4)18-10-12(3)16-14(18)15-8-9-19-5/h10,13H,6-9,11H2,1-5H3,(H,15,16). The van der Waals surface area contributed by atoms with Crippen LogP contribution in [0.3, 0.4) is 0 Å². The number of aromatic nitrogens is 2. The maximum Gasteiger partial charge on any atom is 0.203 e. The molecule has 0 amide bonds. The molecule has 1 rings (SSSR count). The number of nitrogens with zero attached hydrogens (tertiary/aromatic N) is 3. The summed E-state index contributed by atoms with van der Waals surface area (Å²) in [5.41, 5.74) is 1.05. The molecule has 110 valence electrons. The second kappa shape index (κ2) is 8.17. The van der Waals surface area contributed by atoms with Gasteiger partial charge in [0.05, 0.1) is 12.3 Å². The summed E-state index contributed by atoms with van der Waals surface area (Å²) in [6, 6.07) is 0.408. The highest BCUT2D eigenvalue weighted by Crippen LogP contribution is 2.16. The van der Waals surface area contributed by atoms with Gasteiger partial charge in [0.25, 0.3) is 0 Å². The number of anilines is 1. The molecule has 0 fully saturated rings. The molecule has 1 N–H and O–H groups in total. The highest BCUT2D eigenvalue weighted by atomic mass is 16.5. The summed E-state index contributed by atoms with van der Waals surface area (Å²) >= 11 is 0. The summed E-state index contributed by atoms with van der Waals surface area (Å²) in [7, 11) is 1.71. The van der Waals surface area contributed by atoms with Crippen molar-refractivity contribution in [2.24, 2.45) is 0 Å². The number of aryl methyl sites for hydroxylation is 1. The zero-order valence-electron chi connectivity index (χ0n) is 12.9. The van der Waals surface area contributed by atoms with Crippen molar-refractivity contribution in [1.82, 2.24) is 14.5 Å². The number of ether oxygens (including phenoxy) is 1. The summed E-state index contributed by atoms with van der Waals surface area (Å²) in [6.45, 7) is 13.4. The number of imidazole rings is 1. The Morgan fingerprint density at radius 1 is 1.42 bits per heavy atom. The van der Waals surface area contributed by atoms with Crippen LogP contribution >= 0.6 is 0 Å². The van der Waals surface area contributed by atoms with E-state index in [9.17, 15) is 0 Å². The lowest BCUT2D eigenvalue weighted by Gasteiger charge is -2.24. The van der Waals surface area contributed by atoms with Gasteiger partial charge in [-0.3, -0.25) is 0 Å². The van der Waals surface area contributed by atoms with E-state index in [0.717, 1.165) is 37.8 Å². The van der Waals surface area contributed by atoms with Crippen molar-refractivity contribution in [3.8, 4) is 0 Å². The molecule has 1 aromatic heterocycles. The van der Waals surface area contributed by atoms with Crippen LogP contribution in [0.25, 0.3) is 0 Å². The van der Waals surface area contributed by atoms with Gasteiger partial charge in [-0.25, -0.2) is 4.98 Å². The third-order valence-corrected chi connectivity index (χ3v) is 3.33. The third-order valence-electron chi connectivity index (χ3n) is 3.33. The quantitative estimate of drug-likeness (QED) is 0.697. The summed E-state index contributed by atoms with van der Waals surface area (Å²) in [6.07, 6.45) is 2.11. The van der Waals surface area contributed by atoms with Gasteiger partial charge in [0, 0.05) is 32.4 Å². The molecule has 1 heterocycles. The zero-order valence-corrected chi connectivity index (χ0v) is 12.9. The first-order chi connectivity index (χ1) is 9.12. The molecule has 1 unspecified atom stereocenters. The number of methoxy groups -OCH3 is 1. The largest absolute Gasteiger partial charge is 0.383 e. The summed E-state index contributed by atoms with van der Waals surface area (Å²) in [5, 5.41) is 3.33. The summed E-state index contributed by atoms with van der Waals surface area (Å²) < 4.78 is 7.29. The van der Waals surface area contributed by atoms with Crippen molar-refractivity contribution in [3.05, 3.63) is 11.9 Å². The fourth-order valence-electron chi connectivity index (χ4n) is 2.19. The molecule has 1 atom stereocenters. The molecule has 0 aromatic carbocycles. The van der Waals surface area contributed by atoms with Crippen LogP contribution in [0.2, 0.25) is 0 Å². The highest BCUT2D eigenvalue weighted by molar-refractivity contribution is 5.29. The van der Waals surface area contributed by atoms with E-state index in [0.29, 0.717) is 12.6 Å². The average molecular weight is 268 g/mol. The lowest BCUT2D eigenvalue weighted by atomic mass is 10.3. The van der Waals surface area contributed by atoms with Crippen molar-refractivity contribution < 1.29 is 4.74 Å². The molecule has 0 saturated carbocycles. The molecular formula is C14H28N4O. The first-order valence-electron chi connectivity index (χ1n) is 7.12. The van der Waals surface area contributed by atoms with E-state index in [4.69, 9.17) is 4.74 Å². The lowest BCUT2D eigenvalue weighted by molar-refractivity contribution is 0.210. The van der Waals surface area contributed by atoms with Crippen LogP contribution in [-0.2, 0) is 4.74 Å². The van der Waals surface area contributed by atoms with Gasteiger partial charge in [0.1, 0.15) is 0 Å². The first kappa shape index (κ1) is 16.0. The van der Waals surface area contributed by atoms with Crippen molar-refractivity contribution in [3.63, 3.8) is 0 Å². The van der Waals surface area contributed by atoms with Crippen molar-refractivity contribution in [2.75, 3.05) is 45.2 Å². The van der Waals surface area contributed by atoms with Crippen LogP contribution in [0.4, 0.5) is 5.95 Å². The smallest absolute Gasteiger partial charge is 0.203 e. The fraction of sp³-hybridized carbons (Fsp3) is 0.786. The molecule has 0 spiro atoms. The predicted molar refractivity (Wildman–Crippen MR) is 79.8 cm³/mol. The molecule has 0 bridgehead atoms. The van der Waals surface area contributed by atoms with Crippen molar-refractivity contribution in [1.29, 1.82) is 0 Å². The average Bonchev–Trinajstić information content (AvgIpc) is 2.77. The van der Waals surface area contributed by atoms with Gasteiger partial charge in [-0.05, 0) is 26.9 Å². The molecule has 5 nitrogen and oxygen atoms in total. The van der Waals surface area contributed by atoms with Crippen LogP contribution in [-0.4, -0.2) is 54.3 Å². The number of hydrogen-bond acceptors (Lipinski definition) is 4. The van der Waals surface area contributed by atoms with Crippen LogP contribution in [0.1, 0.15) is 32.5 Å². The Balaban J connectivity index is 2.69. The monoisotopic (exact) mass is 268 g/mol. The van der Waals surface area contributed by atoms with Gasteiger partial charge in [-0.15, -0.1) is 0 Å². The molecule has 0 aliphatic rings. The minimum absolute atomic E-state index is 0.408. The van der Waals surface area contributed by atoms with Gasteiger partial charge in [-0.1, -0.05) is 13.8 Å². The van der Waals surface area contributed by atoms with Crippen LogP contribution in [0, 0.1) is 6.92 Å². The van der Waals surface area contributed by atoms with E-state index >= 15 is 0 Å². The maximum absolute atomic E-state index is 5.06. The predicted octanol–water partition coefficient (Wildman–Crippen LogP) is 2.15. The number of hydrogen-bond donors (Lipinski definition) is 1. The van der Waals surface area contributed by atoms with E-state index in [1.807, 2.05) is 6.92 Å². The second-order valence-corrected chi connectivity index (χ2v) is 4.87. The summed E-state index contributed by atoms with van der Waals surface area (Å²) in [4.78, 5) is 6.97. The van der Waals surface area contributed by atoms with E-state index in [2.05, 4.69) is 46.7 Å². The van der Waals surface area contributed by atoms with Gasteiger partial charge in [0.2, 0.25) is 5.95 Å². The zero-order chi connectivity index (χ0) is 14.3. The Hall–Kier alpha value is -1.07. The molecule has 0 aliphatic carbocycles. The molecule has 0 radical (unpaired) electrons. The number of rotatable bonds is 9. The maximum atomic E-state index is 5.06. The van der Waals surface area contributed by atoms with E-state index in [1.54, 1.807) is 7.11 Å². The Kier molecular flexibility index (Phi) is 6.87. The van der Waals surface area contributed by atoms with E-state index in [-0.39, 0.29) is 0 Å². The molecule has 5 heteroatoms. The second-order valence-electron chi connectivity index (χ2n) is 4.87. The van der Waals surface area contributed by atoms with Crippen molar-refractivity contribution in [2.45, 2.75) is 33.7 Å². The SMILES string of the molecule is CCN(CC)CC(C)n1cc(C)nc1NCCOC. The fourth-order valence-corrected chi connectivity index (χ4v) is 2.19. The van der Waals surface area contributed by atoms with Gasteiger partial charge in [-0.2, -0.15) is 0 Å². The molecule has 1 aromatic rings. The van der Waals surface area contributed by atoms with E-state index < -0.39 is 0 Å². The van der Waals surface area contributed by atoms with Crippen LogP contribution in [0.15, 0.2) is 6.20 Å². The molecule has 19 heavy (non-hydrogen) atoms. The van der Waals surface area contributed by atoms with Gasteiger partial charge < -0.3 is 19.5 Å². The number of nitrogens with one attached hydrogen (secondary N) is 1. The normalized spacial score (nSPS) is 12.9. The third kappa shape index (κ3) is 4.84. The van der Waals surface area contributed by atoms with Gasteiger partial charge >= 0.3 is 0 Å². The van der Waals surface area contributed by atoms with Gasteiger partial charge in [0.15, 0.2) is 0 Å². The minimum Gasteiger partial charge on any atom is -0.383 e. The Labute approximate surface area is 117 Å².